The Morgan fingerprint density at radius 2 is 1.57 bits per heavy atom. The van der Waals surface area contributed by atoms with Gasteiger partial charge < -0.3 is 9.72 Å². The summed E-state index contributed by atoms with van der Waals surface area (Å²) in [5.41, 5.74) is 3.39. The number of rotatable bonds is 3. The molecule has 1 aromatic heterocycles. The zero-order chi connectivity index (χ0) is 15.6. The molecule has 0 saturated heterocycles. The molecule has 0 aliphatic carbocycles. The monoisotopic (exact) mass is 301 g/mol. The molecular formula is C20H15NO2. The smallest absolute Gasteiger partial charge is 0.340 e. The molecule has 0 saturated carbocycles. The number of para-hydroxylation sites is 2. The Bertz CT molecular complexity index is 986. The number of aromatic nitrogens is 1. The van der Waals surface area contributed by atoms with Crippen LogP contribution in [-0.4, -0.2) is 11.0 Å². The van der Waals surface area contributed by atoms with Crippen LogP contribution in [0, 0.1) is 0 Å². The predicted octanol–water partition coefficient (Wildman–Crippen LogP) is 4.68. The second kappa shape index (κ2) is 5.61. The molecule has 112 valence electrons. The first-order chi connectivity index (χ1) is 11.3. The molecule has 0 spiro atoms. The summed E-state index contributed by atoms with van der Waals surface area (Å²) in [6.07, 6.45) is 0. The first kappa shape index (κ1) is 13.6. The van der Waals surface area contributed by atoms with E-state index in [9.17, 15) is 4.79 Å². The molecule has 0 aliphatic rings. The molecule has 0 unspecified atom stereocenters. The topological polar surface area (TPSA) is 42.1 Å². The highest BCUT2D eigenvalue weighted by atomic mass is 16.5. The van der Waals surface area contributed by atoms with E-state index in [0.29, 0.717) is 5.56 Å². The van der Waals surface area contributed by atoms with Crippen molar-refractivity contribution in [3.05, 3.63) is 83.9 Å². The van der Waals surface area contributed by atoms with Gasteiger partial charge in [0.25, 0.3) is 0 Å². The number of benzene rings is 3. The van der Waals surface area contributed by atoms with E-state index in [0.717, 1.165) is 27.4 Å². The van der Waals surface area contributed by atoms with Gasteiger partial charge in [0.1, 0.15) is 6.61 Å². The van der Waals surface area contributed by atoms with Crippen LogP contribution in [0.3, 0.4) is 0 Å². The van der Waals surface area contributed by atoms with Crippen molar-refractivity contribution < 1.29 is 9.53 Å². The third kappa shape index (κ3) is 2.46. The second-order valence-corrected chi connectivity index (χ2v) is 5.46. The van der Waals surface area contributed by atoms with Gasteiger partial charge >= 0.3 is 5.97 Å². The molecule has 3 aromatic carbocycles. The molecule has 1 heterocycles. The highest BCUT2D eigenvalue weighted by Gasteiger charge is 2.14. The van der Waals surface area contributed by atoms with Crippen molar-refractivity contribution in [3.8, 4) is 0 Å². The van der Waals surface area contributed by atoms with Crippen LogP contribution in [0.1, 0.15) is 15.9 Å². The molecule has 23 heavy (non-hydrogen) atoms. The molecule has 0 atom stereocenters. The fourth-order valence-electron chi connectivity index (χ4n) is 2.84. The Balaban J connectivity index is 1.69. The molecule has 1 N–H and O–H groups in total. The number of carbonyl (C=O) groups excluding carboxylic acids is 1. The van der Waals surface area contributed by atoms with Crippen molar-refractivity contribution in [2.75, 3.05) is 0 Å². The zero-order valence-corrected chi connectivity index (χ0v) is 12.5. The van der Waals surface area contributed by atoms with E-state index in [1.54, 1.807) is 6.07 Å². The molecule has 0 amide bonds. The van der Waals surface area contributed by atoms with E-state index in [1.807, 2.05) is 66.7 Å². The van der Waals surface area contributed by atoms with Crippen LogP contribution >= 0.6 is 0 Å². The largest absolute Gasteiger partial charge is 0.457 e. The number of carbonyl (C=O) groups is 1. The number of H-pyrrole nitrogens is 1. The normalized spacial score (nSPS) is 11.0. The summed E-state index contributed by atoms with van der Waals surface area (Å²) in [5.74, 6) is -0.314. The Morgan fingerprint density at radius 3 is 2.43 bits per heavy atom. The lowest BCUT2D eigenvalue weighted by molar-refractivity contribution is 0.0475. The highest BCUT2D eigenvalue weighted by Crippen LogP contribution is 2.27. The van der Waals surface area contributed by atoms with Crippen LogP contribution in [0.25, 0.3) is 21.8 Å². The van der Waals surface area contributed by atoms with Crippen molar-refractivity contribution in [1.29, 1.82) is 0 Å². The van der Waals surface area contributed by atoms with Gasteiger partial charge in [-0.1, -0.05) is 60.7 Å². The minimum Gasteiger partial charge on any atom is -0.457 e. The summed E-state index contributed by atoms with van der Waals surface area (Å²) in [4.78, 5) is 15.8. The van der Waals surface area contributed by atoms with Gasteiger partial charge in [-0.3, -0.25) is 0 Å². The van der Waals surface area contributed by atoms with Crippen LogP contribution in [-0.2, 0) is 11.3 Å². The summed E-state index contributed by atoms with van der Waals surface area (Å²) >= 11 is 0. The Hall–Kier alpha value is -3.07. The van der Waals surface area contributed by atoms with Gasteiger partial charge in [-0.15, -0.1) is 0 Å². The highest BCUT2D eigenvalue weighted by molar-refractivity contribution is 6.13. The first-order valence-electron chi connectivity index (χ1n) is 7.53. The fraction of sp³-hybridized carbons (Fsp3) is 0.0500. The number of nitrogens with one attached hydrogen (secondary N) is 1. The van der Waals surface area contributed by atoms with Crippen LogP contribution in [0.2, 0.25) is 0 Å². The van der Waals surface area contributed by atoms with Crippen LogP contribution in [0.5, 0.6) is 0 Å². The van der Waals surface area contributed by atoms with Crippen molar-refractivity contribution >= 4 is 27.8 Å². The lowest BCUT2D eigenvalue weighted by Gasteiger charge is -2.06. The summed E-state index contributed by atoms with van der Waals surface area (Å²) in [6, 6.07) is 23.4. The molecule has 0 bridgehead atoms. The Morgan fingerprint density at radius 1 is 0.826 bits per heavy atom. The third-order valence-electron chi connectivity index (χ3n) is 3.97. The molecular weight excluding hydrogens is 286 g/mol. The maximum absolute atomic E-state index is 12.5. The lowest BCUT2D eigenvalue weighted by atomic mass is 10.1. The van der Waals surface area contributed by atoms with Gasteiger partial charge in [0.05, 0.1) is 11.1 Å². The lowest BCUT2D eigenvalue weighted by Crippen LogP contribution is -2.05. The molecule has 3 heteroatoms. The van der Waals surface area contributed by atoms with E-state index < -0.39 is 0 Å². The van der Waals surface area contributed by atoms with Crippen molar-refractivity contribution in [2.24, 2.45) is 0 Å². The first-order valence-corrected chi connectivity index (χ1v) is 7.53. The Kier molecular flexibility index (Phi) is 3.31. The summed E-state index contributed by atoms with van der Waals surface area (Å²) in [7, 11) is 0. The van der Waals surface area contributed by atoms with Crippen LogP contribution < -0.4 is 0 Å². The standard InChI is InChI=1S/C20H15NO2/c22-20(23-13-14-7-2-1-3-8-14)17-11-6-10-16-15-9-4-5-12-18(15)21-19(16)17/h1-12,21H,13H2. The maximum Gasteiger partial charge on any atom is 0.340 e. The number of hydrogen-bond acceptors (Lipinski definition) is 2. The minimum atomic E-state index is -0.314. The quantitative estimate of drug-likeness (QED) is 0.558. The average Bonchev–Trinajstić information content (AvgIpc) is 2.99. The zero-order valence-electron chi connectivity index (χ0n) is 12.5. The second-order valence-electron chi connectivity index (χ2n) is 5.46. The molecule has 0 radical (unpaired) electrons. The average molecular weight is 301 g/mol. The van der Waals surface area contributed by atoms with E-state index in [4.69, 9.17) is 4.74 Å². The number of hydrogen-bond donors (Lipinski definition) is 1. The molecule has 0 fully saturated rings. The third-order valence-corrected chi connectivity index (χ3v) is 3.97. The SMILES string of the molecule is O=C(OCc1ccccc1)c1cccc2c1[nH]c1ccccc12. The number of esters is 1. The maximum atomic E-state index is 12.5. The number of aromatic amines is 1. The molecule has 0 aliphatic heterocycles. The van der Waals surface area contributed by atoms with Crippen LogP contribution in [0.15, 0.2) is 72.8 Å². The summed E-state index contributed by atoms with van der Waals surface area (Å²) < 4.78 is 5.46. The van der Waals surface area contributed by atoms with Gasteiger partial charge in [0.15, 0.2) is 0 Å². The van der Waals surface area contributed by atoms with Gasteiger partial charge in [-0.2, -0.15) is 0 Å². The summed E-state index contributed by atoms with van der Waals surface area (Å²) in [5, 5.41) is 2.15. The van der Waals surface area contributed by atoms with Crippen LogP contribution in [0.4, 0.5) is 0 Å². The molecule has 4 aromatic rings. The Labute approximate surface area is 133 Å². The van der Waals surface area contributed by atoms with Crippen molar-refractivity contribution in [3.63, 3.8) is 0 Å². The van der Waals surface area contributed by atoms with E-state index >= 15 is 0 Å². The van der Waals surface area contributed by atoms with Gasteiger partial charge in [0.2, 0.25) is 0 Å². The van der Waals surface area contributed by atoms with E-state index in [1.165, 1.54) is 0 Å². The van der Waals surface area contributed by atoms with E-state index in [-0.39, 0.29) is 12.6 Å². The minimum absolute atomic E-state index is 0.274. The number of ether oxygens (including phenoxy) is 1. The van der Waals surface area contributed by atoms with Crippen molar-refractivity contribution in [2.45, 2.75) is 6.61 Å². The molecule has 4 rings (SSSR count). The fourth-order valence-corrected chi connectivity index (χ4v) is 2.84. The summed E-state index contributed by atoms with van der Waals surface area (Å²) in [6.45, 7) is 0.274. The van der Waals surface area contributed by atoms with E-state index in [2.05, 4.69) is 4.98 Å². The van der Waals surface area contributed by atoms with Gasteiger partial charge in [-0.05, 0) is 17.7 Å². The van der Waals surface area contributed by atoms with Crippen molar-refractivity contribution in [1.82, 2.24) is 4.98 Å². The predicted molar refractivity (Wildman–Crippen MR) is 91.4 cm³/mol. The number of fused-ring (bicyclic) bond motifs is 3. The molecule has 3 nitrogen and oxygen atoms in total. The van der Waals surface area contributed by atoms with Gasteiger partial charge in [-0.25, -0.2) is 4.79 Å². The van der Waals surface area contributed by atoms with Gasteiger partial charge in [0, 0.05) is 16.3 Å².